The number of carboxylic acid groups (broad SMARTS) is 1. The lowest BCUT2D eigenvalue weighted by Crippen LogP contribution is -2.41. The number of halogens is 1. The predicted octanol–water partition coefficient (Wildman–Crippen LogP) is 3.06. The summed E-state index contributed by atoms with van der Waals surface area (Å²) in [7, 11) is 1.86. The van der Waals surface area contributed by atoms with Crippen LogP contribution in [0.2, 0.25) is 5.02 Å². The highest BCUT2D eigenvalue weighted by Crippen LogP contribution is 2.31. The molecule has 5 heteroatoms. The fraction of sp³-hybridized carbons (Fsp3) is 0.500. The van der Waals surface area contributed by atoms with Crippen LogP contribution in [-0.2, 0) is 0 Å². The Morgan fingerprint density at radius 2 is 2.18 bits per heavy atom. The molecule has 1 aromatic heterocycles. The molecule has 0 saturated heterocycles. The van der Waals surface area contributed by atoms with E-state index in [1.54, 1.807) is 0 Å². The minimum Gasteiger partial charge on any atom is -0.478 e. The molecule has 0 fully saturated rings. The third kappa shape index (κ3) is 2.69. The van der Waals surface area contributed by atoms with E-state index in [0.29, 0.717) is 5.82 Å². The van der Waals surface area contributed by atoms with Crippen LogP contribution in [0.4, 0.5) is 5.82 Å². The number of carboxylic acids is 1. The van der Waals surface area contributed by atoms with Crippen molar-refractivity contribution in [1.29, 1.82) is 0 Å². The standard InChI is InChI=1S/C12H17ClN2O2/c1-5-12(2,3)15(4)10-9(13)8(11(16)17)6-7-14-10/h6-7H,5H2,1-4H3,(H,16,17). The quantitative estimate of drug-likeness (QED) is 0.900. The van der Waals surface area contributed by atoms with E-state index in [9.17, 15) is 4.79 Å². The number of anilines is 1. The Balaban J connectivity index is 3.24. The predicted molar refractivity (Wildman–Crippen MR) is 69.0 cm³/mol. The first-order valence-electron chi connectivity index (χ1n) is 5.43. The Labute approximate surface area is 106 Å². The van der Waals surface area contributed by atoms with Crippen LogP contribution in [-0.4, -0.2) is 28.6 Å². The van der Waals surface area contributed by atoms with Crippen molar-refractivity contribution in [2.24, 2.45) is 0 Å². The van der Waals surface area contributed by atoms with Crippen molar-refractivity contribution in [1.82, 2.24) is 4.98 Å². The zero-order valence-electron chi connectivity index (χ0n) is 10.5. The number of hydrogen-bond donors (Lipinski definition) is 1. The molecule has 0 unspecified atom stereocenters. The SMILES string of the molecule is CCC(C)(C)N(C)c1nccc(C(=O)O)c1Cl. The number of rotatable bonds is 4. The van der Waals surface area contributed by atoms with Crippen LogP contribution >= 0.6 is 11.6 Å². The second-order valence-corrected chi connectivity index (χ2v) is 4.90. The van der Waals surface area contributed by atoms with E-state index in [4.69, 9.17) is 16.7 Å². The number of nitrogens with zero attached hydrogens (tertiary/aromatic N) is 2. The van der Waals surface area contributed by atoms with Crippen molar-refractivity contribution >= 4 is 23.4 Å². The minimum absolute atomic E-state index is 0.0791. The van der Waals surface area contributed by atoms with Crippen LogP contribution in [0, 0.1) is 0 Å². The van der Waals surface area contributed by atoms with Gasteiger partial charge in [-0.15, -0.1) is 0 Å². The van der Waals surface area contributed by atoms with Crippen molar-refractivity contribution < 1.29 is 9.90 Å². The highest BCUT2D eigenvalue weighted by Gasteiger charge is 2.26. The molecule has 0 aliphatic carbocycles. The first-order chi connectivity index (χ1) is 7.81. The van der Waals surface area contributed by atoms with Crippen molar-refractivity contribution in [3.63, 3.8) is 0 Å². The lowest BCUT2D eigenvalue weighted by atomic mass is 10.00. The maximum absolute atomic E-state index is 11.0. The van der Waals surface area contributed by atoms with Crippen LogP contribution < -0.4 is 4.90 Å². The molecule has 94 valence electrons. The van der Waals surface area contributed by atoms with Crippen LogP contribution in [0.25, 0.3) is 0 Å². The van der Waals surface area contributed by atoms with E-state index < -0.39 is 5.97 Å². The van der Waals surface area contributed by atoms with Gasteiger partial charge in [0.25, 0.3) is 0 Å². The molecule has 17 heavy (non-hydrogen) atoms. The molecular formula is C12H17ClN2O2. The Morgan fingerprint density at radius 3 is 2.65 bits per heavy atom. The van der Waals surface area contributed by atoms with Gasteiger partial charge in [0.2, 0.25) is 0 Å². The largest absolute Gasteiger partial charge is 0.478 e. The number of carbonyl (C=O) groups is 1. The normalized spacial score (nSPS) is 11.4. The summed E-state index contributed by atoms with van der Waals surface area (Å²) in [5.41, 5.74) is -0.0521. The third-order valence-corrected chi connectivity index (χ3v) is 3.56. The molecule has 0 radical (unpaired) electrons. The van der Waals surface area contributed by atoms with E-state index in [1.165, 1.54) is 12.3 Å². The molecular weight excluding hydrogens is 240 g/mol. The van der Waals surface area contributed by atoms with Gasteiger partial charge in [0.1, 0.15) is 5.82 Å². The van der Waals surface area contributed by atoms with E-state index in [2.05, 4.69) is 25.8 Å². The number of hydrogen-bond acceptors (Lipinski definition) is 3. The van der Waals surface area contributed by atoms with Crippen molar-refractivity contribution in [3.8, 4) is 0 Å². The van der Waals surface area contributed by atoms with Gasteiger partial charge in [-0.1, -0.05) is 18.5 Å². The molecule has 1 aromatic rings. The lowest BCUT2D eigenvalue weighted by molar-refractivity contribution is 0.0697. The Morgan fingerprint density at radius 1 is 1.59 bits per heavy atom. The Hall–Kier alpha value is -1.29. The topological polar surface area (TPSA) is 53.4 Å². The zero-order valence-corrected chi connectivity index (χ0v) is 11.2. The highest BCUT2D eigenvalue weighted by atomic mass is 35.5. The summed E-state index contributed by atoms with van der Waals surface area (Å²) in [4.78, 5) is 17.1. The number of aromatic carboxylic acids is 1. The first-order valence-corrected chi connectivity index (χ1v) is 5.80. The van der Waals surface area contributed by atoms with Gasteiger partial charge in [0, 0.05) is 18.8 Å². The molecule has 0 aliphatic rings. The van der Waals surface area contributed by atoms with Gasteiger partial charge in [-0.3, -0.25) is 0 Å². The van der Waals surface area contributed by atoms with E-state index in [-0.39, 0.29) is 16.1 Å². The summed E-state index contributed by atoms with van der Waals surface area (Å²) < 4.78 is 0. The molecule has 0 atom stereocenters. The second kappa shape index (κ2) is 4.92. The van der Waals surface area contributed by atoms with Crippen LogP contribution in [0.3, 0.4) is 0 Å². The lowest BCUT2D eigenvalue weighted by Gasteiger charge is -2.36. The molecule has 1 rings (SSSR count). The summed E-state index contributed by atoms with van der Waals surface area (Å²) in [5, 5.41) is 9.19. The van der Waals surface area contributed by atoms with Gasteiger partial charge in [-0.2, -0.15) is 0 Å². The fourth-order valence-corrected chi connectivity index (χ4v) is 1.67. The van der Waals surface area contributed by atoms with E-state index in [0.717, 1.165) is 6.42 Å². The van der Waals surface area contributed by atoms with Gasteiger partial charge in [-0.05, 0) is 26.3 Å². The monoisotopic (exact) mass is 256 g/mol. The molecule has 0 aliphatic heterocycles. The molecule has 0 spiro atoms. The van der Waals surface area contributed by atoms with E-state index >= 15 is 0 Å². The number of aromatic nitrogens is 1. The van der Waals surface area contributed by atoms with Crippen molar-refractivity contribution in [2.45, 2.75) is 32.7 Å². The van der Waals surface area contributed by atoms with Gasteiger partial charge in [0.05, 0.1) is 10.6 Å². The van der Waals surface area contributed by atoms with Crippen LogP contribution in [0.1, 0.15) is 37.6 Å². The van der Waals surface area contributed by atoms with Gasteiger partial charge >= 0.3 is 5.97 Å². The minimum atomic E-state index is -1.04. The molecule has 0 bridgehead atoms. The van der Waals surface area contributed by atoms with Gasteiger partial charge < -0.3 is 10.0 Å². The summed E-state index contributed by atoms with van der Waals surface area (Å²) in [6.45, 7) is 6.17. The van der Waals surface area contributed by atoms with Crippen LogP contribution in [0.15, 0.2) is 12.3 Å². The highest BCUT2D eigenvalue weighted by molar-refractivity contribution is 6.35. The summed E-state index contributed by atoms with van der Waals surface area (Å²) in [6.07, 6.45) is 2.37. The fourth-order valence-electron chi connectivity index (χ4n) is 1.36. The van der Waals surface area contributed by atoms with Gasteiger partial charge in [-0.25, -0.2) is 9.78 Å². The molecule has 4 nitrogen and oxygen atoms in total. The summed E-state index contributed by atoms with van der Waals surface area (Å²) >= 11 is 6.08. The first kappa shape index (κ1) is 13.8. The summed E-state index contributed by atoms with van der Waals surface area (Å²) in [6, 6.07) is 1.40. The molecule has 0 aromatic carbocycles. The zero-order chi connectivity index (χ0) is 13.2. The average Bonchev–Trinajstić information content (AvgIpc) is 2.28. The Bertz CT molecular complexity index is 433. The van der Waals surface area contributed by atoms with Crippen molar-refractivity contribution in [3.05, 3.63) is 22.8 Å². The maximum Gasteiger partial charge on any atom is 0.337 e. The van der Waals surface area contributed by atoms with E-state index in [1.807, 2.05) is 11.9 Å². The maximum atomic E-state index is 11.0. The summed E-state index contributed by atoms with van der Waals surface area (Å²) in [5.74, 6) is -0.542. The average molecular weight is 257 g/mol. The third-order valence-electron chi connectivity index (χ3n) is 3.19. The second-order valence-electron chi connectivity index (χ2n) is 4.53. The number of pyridine rings is 1. The smallest absolute Gasteiger partial charge is 0.337 e. The molecule has 0 amide bonds. The molecule has 1 N–H and O–H groups in total. The Kier molecular flexibility index (Phi) is 3.98. The molecule has 0 saturated carbocycles. The molecule has 1 heterocycles. The van der Waals surface area contributed by atoms with Crippen LogP contribution in [0.5, 0.6) is 0 Å². The van der Waals surface area contributed by atoms with Gasteiger partial charge in [0.15, 0.2) is 0 Å². The van der Waals surface area contributed by atoms with Crippen molar-refractivity contribution in [2.75, 3.05) is 11.9 Å².